The molecule has 1 aliphatic rings. The van der Waals surface area contributed by atoms with Crippen molar-refractivity contribution < 1.29 is 29.0 Å². The summed E-state index contributed by atoms with van der Waals surface area (Å²) in [6.07, 6.45) is 0.0201. The first-order chi connectivity index (χ1) is 14.0. The number of amides is 2. The summed E-state index contributed by atoms with van der Waals surface area (Å²) in [5.41, 5.74) is 1.26. The van der Waals surface area contributed by atoms with Crippen molar-refractivity contribution in [1.82, 2.24) is 4.90 Å². The van der Waals surface area contributed by atoms with E-state index in [0.29, 0.717) is 42.5 Å². The van der Waals surface area contributed by atoms with Crippen molar-refractivity contribution in [3.63, 3.8) is 0 Å². The van der Waals surface area contributed by atoms with Crippen LogP contribution in [0.4, 0.5) is 5.69 Å². The summed E-state index contributed by atoms with van der Waals surface area (Å²) >= 11 is 0. The smallest absolute Gasteiger partial charge is 0.335 e. The number of fused-ring (bicyclic) bond motifs is 1. The Kier molecular flexibility index (Phi) is 6.33. The molecule has 0 atom stereocenters. The van der Waals surface area contributed by atoms with E-state index >= 15 is 0 Å². The number of nitrogens with one attached hydrogen (secondary N) is 1. The zero-order valence-electron chi connectivity index (χ0n) is 16.0. The molecule has 8 heteroatoms. The highest BCUT2D eigenvalue weighted by atomic mass is 16.6. The Labute approximate surface area is 168 Å². The van der Waals surface area contributed by atoms with Crippen LogP contribution in [0.25, 0.3) is 0 Å². The summed E-state index contributed by atoms with van der Waals surface area (Å²) in [7, 11) is 0. The molecule has 0 aliphatic carbocycles. The highest BCUT2D eigenvalue weighted by molar-refractivity contribution is 5.95. The quantitative estimate of drug-likeness (QED) is 0.741. The second-order valence-electron chi connectivity index (χ2n) is 6.50. The van der Waals surface area contributed by atoms with E-state index in [1.54, 1.807) is 37.3 Å². The second-order valence-corrected chi connectivity index (χ2v) is 6.50. The molecule has 2 amide bonds. The van der Waals surface area contributed by atoms with Gasteiger partial charge in [-0.15, -0.1) is 0 Å². The standard InChI is InChI=1S/C21H22N2O6/c1-2-23(20(25)11-14-4-3-5-15(10-14)21(26)27)13-19(24)22-16-6-7-17-18(12-16)29-9-8-28-17/h3-7,10,12H,2,8-9,11,13H2,1H3,(H,22,24)(H,26,27). The largest absolute Gasteiger partial charge is 0.486 e. The highest BCUT2D eigenvalue weighted by Gasteiger charge is 2.18. The fourth-order valence-electron chi connectivity index (χ4n) is 2.97. The fourth-order valence-corrected chi connectivity index (χ4v) is 2.97. The number of hydrogen-bond acceptors (Lipinski definition) is 5. The molecule has 0 unspecified atom stereocenters. The predicted molar refractivity (Wildman–Crippen MR) is 105 cm³/mol. The van der Waals surface area contributed by atoms with Gasteiger partial charge in [0.05, 0.1) is 18.5 Å². The molecular weight excluding hydrogens is 376 g/mol. The average molecular weight is 398 g/mol. The summed E-state index contributed by atoms with van der Waals surface area (Å²) in [4.78, 5) is 37.5. The molecular formula is C21H22N2O6. The Morgan fingerprint density at radius 2 is 1.83 bits per heavy atom. The minimum absolute atomic E-state index is 0.0201. The van der Waals surface area contributed by atoms with Crippen LogP contribution < -0.4 is 14.8 Å². The minimum Gasteiger partial charge on any atom is -0.486 e. The van der Waals surface area contributed by atoms with Crippen molar-refractivity contribution in [2.24, 2.45) is 0 Å². The third-order valence-electron chi connectivity index (χ3n) is 4.42. The van der Waals surface area contributed by atoms with E-state index in [0.717, 1.165) is 0 Å². The van der Waals surface area contributed by atoms with Crippen LogP contribution in [0.1, 0.15) is 22.8 Å². The van der Waals surface area contributed by atoms with Crippen molar-refractivity contribution in [2.75, 3.05) is 31.6 Å². The van der Waals surface area contributed by atoms with Gasteiger partial charge in [0.25, 0.3) is 0 Å². The summed E-state index contributed by atoms with van der Waals surface area (Å²) in [6.45, 7) is 2.96. The lowest BCUT2D eigenvalue weighted by Crippen LogP contribution is -2.38. The lowest BCUT2D eigenvalue weighted by Gasteiger charge is -2.21. The van der Waals surface area contributed by atoms with Crippen LogP contribution >= 0.6 is 0 Å². The Bertz CT molecular complexity index is 927. The summed E-state index contributed by atoms with van der Waals surface area (Å²) in [5, 5.41) is 11.8. The van der Waals surface area contributed by atoms with Crippen LogP contribution in [0.5, 0.6) is 11.5 Å². The van der Waals surface area contributed by atoms with Crippen LogP contribution in [-0.2, 0) is 16.0 Å². The van der Waals surface area contributed by atoms with Gasteiger partial charge in [0.2, 0.25) is 11.8 Å². The van der Waals surface area contributed by atoms with Gasteiger partial charge in [-0.1, -0.05) is 12.1 Å². The molecule has 0 fully saturated rings. The lowest BCUT2D eigenvalue weighted by atomic mass is 10.1. The normalized spacial score (nSPS) is 12.2. The predicted octanol–water partition coefficient (Wildman–Crippen LogP) is 2.19. The number of carbonyl (C=O) groups is 3. The van der Waals surface area contributed by atoms with Crippen LogP contribution in [0.15, 0.2) is 42.5 Å². The molecule has 1 heterocycles. The van der Waals surface area contributed by atoms with Gasteiger partial charge in [-0.3, -0.25) is 9.59 Å². The molecule has 29 heavy (non-hydrogen) atoms. The lowest BCUT2D eigenvalue weighted by molar-refractivity contribution is -0.133. The average Bonchev–Trinajstić information content (AvgIpc) is 2.72. The summed E-state index contributed by atoms with van der Waals surface area (Å²) in [6, 6.07) is 11.3. The van der Waals surface area contributed by atoms with E-state index in [-0.39, 0.29) is 30.3 Å². The van der Waals surface area contributed by atoms with Gasteiger partial charge < -0.3 is 24.8 Å². The van der Waals surface area contributed by atoms with Gasteiger partial charge in [-0.25, -0.2) is 4.79 Å². The van der Waals surface area contributed by atoms with E-state index in [1.807, 2.05) is 0 Å². The van der Waals surface area contributed by atoms with Crippen molar-refractivity contribution in [3.05, 3.63) is 53.6 Å². The van der Waals surface area contributed by atoms with E-state index in [1.165, 1.54) is 17.0 Å². The molecule has 0 saturated heterocycles. The van der Waals surface area contributed by atoms with E-state index in [9.17, 15) is 14.4 Å². The van der Waals surface area contributed by atoms with E-state index < -0.39 is 5.97 Å². The Hall–Kier alpha value is -3.55. The molecule has 0 saturated carbocycles. The number of hydrogen-bond donors (Lipinski definition) is 2. The second kappa shape index (κ2) is 9.09. The van der Waals surface area contributed by atoms with Crippen LogP contribution in [0.3, 0.4) is 0 Å². The third-order valence-corrected chi connectivity index (χ3v) is 4.42. The number of carbonyl (C=O) groups excluding carboxylic acids is 2. The maximum absolute atomic E-state index is 12.6. The molecule has 3 rings (SSSR count). The monoisotopic (exact) mass is 398 g/mol. The summed E-state index contributed by atoms with van der Waals surface area (Å²) < 4.78 is 10.9. The number of aromatic carboxylic acids is 1. The van der Waals surface area contributed by atoms with Gasteiger partial charge in [0, 0.05) is 18.3 Å². The number of carboxylic acid groups (broad SMARTS) is 1. The number of benzene rings is 2. The zero-order chi connectivity index (χ0) is 20.8. The highest BCUT2D eigenvalue weighted by Crippen LogP contribution is 2.32. The van der Waals surface area contributed by atoms with E-state index in [2.05, 4.69) is 5.32 Å². The van der Waals surface area contributed by atoms with Crippen molar-refractivity contribution in [2.45, 2.75) is 13.3 Å². The van der Waals surface area contributed by atoms with Gasteiger partial charge in [0.15, 0.2) is 11.5 Å². The topological polar surface area (TPSA) is 105 Å². The molecule has 1 aliphatic heterocycles. The first-order valence-corrected chi connectivity index (χ1v) is 9.25. The molecule has 2 aromatic rings. The maximum Gasteiger partial charge on any atom is 0.335 e. The Morgan fingerprint density at radius 1 is 1.07 bits per heavy atom. The number of rotatable bonds is 7. The van der Waals surface area contributed by atoms with Crippen LogP contribution in [0, 0.1) is 0 Å². The molecule has 8 nitrogen and oxygen atoms in total. The molecule has 152 valence electrons. The van der Waals surface area contributed by atoms with E-state index in [4.69, 9.17) is 14.6 Å². The SMILES string of the molecule is CCN(CC(=O)Nc1ccc2c(c1)OCCO2)C(=O)Cc1cccc(C(=O)O)c1. The molecule has 0 bridgehead atoms. The third kappa shape index (κ3) is 5.25. The molecule has 2 N–H and O–H groups in total. The number of carboxylic acids is 1. The van der Waals surface area contributed by atoms with Crippen LogP contribution in [0.2, 0.25) is 0 Å². The van der Waals surface area contributed by atoms with Gasteiger partial charge in [-0.2, -0.15) is 0 Å². The number of anilines is 1. The number of nitrogens with zero attached hydrogens (tertiary/aromatic N) is 1. The fraction of sp³-hybridized carbons (Fsp3) is 0.286. The van der Waals surface area contributed by atoms with Gasteiger partial charge in [0.1, 0.15) is 13.2 Å². The van der Waals surface area contributed by atoms with Crippen LogP contribution in [-0.4, -0.2) is 54.1 Å². The number of ether oxygens (including phenoxy) is 2. The Morgan fingerprint density at radius 3 is 2.55 bits per heavy atom. The first kappa shape index (κ1) is 20.2. The van der Waals surface area contributed by atoms with Crippen molar-refractivity contribution in [1.29, 1.82) is 0 Å². The number of likely N-dealkylation sites (N-methyl/N-ethyl adjacent to an activating group) is 1. The van der Waals surface area contributed by atoms with Gasteiger partial charge >= 0.3 is 5.97 Å². The molecule has 0 aromatic heterocycles. The zero-order valence-corrected chi connectivity index (χ0v) is 16.0. The summed E-state index contributed by atoms with van der Waals surface area (Å²) in [5.74, 6) is -0.451. The molecule has 0 spiro atoms. The van der Waals surface area contributed by atoms with Crippen molar-refractivity contribution in [3.8, 4) is 11.5 Å². The molecule has 2 aromatic carbocycles. The minimum atomic E-state index is -1.05. The maximum atomic E-state index is 12.6. The molecule has 0 radical (unpaired) electrons. The first-order valence-electron chi connectivity index (χ1n) is 9.25. The Balaban J connectivity index is 1.60. The van der Waals surface area contributed by atoms with Gasteiger partial charge in [-0.05, 0) is 36.8 Å². The van der Waals surface area contributed by atoms with Crippen molar-refractivity contribution >= 4 is 23.5 Å².